The van der Waals surface area contributed by atoms with Gasteiger partial charge in [-0.3, -0.25) is 4.79 Å². The molecule has 0 spiro atoms. The Morgan fingerprint density at radius 3 is 2.66 bits per heavy atom. The highest BCUT2D eigenvalue weighted by Crippen LogP contribution is 2.32. The van der Waals surface area contributed by atoms with E-state index in [1.54, 1.807) is 0 Å². The van der Waals surface area contributed by atoms with Gasteiger partial charge in [-0.1, -0.05) is 26.0 Å². The summed E-state index contributed by atoms with van der Waals surface area (Å²) in [5, 5.41) is 3.04. The molecule has 1 aliphatic heterocycles. The number of carbonyl (C=O) groups excluding carboxylic acids is 1. The van der Waals surface area contributed by atoms with Gasteiger partial charge in [0.1, 0.15) is 0 Å². The van der Waals surface area contributed by atoms with Crippen LogP contribution in [-0.2, 0) is 17.6 Å². The van der Waals surface area contributed by atoms with Gasteiger partial charge in [0.2, 0.25) is 5.91 Å². The van der Waals surface area contributed by atoms with Crippen molar-refractivity contribution in [3.8, 4) is 0 Å². The molecule has 1 atom stereocenters. The van der Waals surface area contributed by atoms with E-state index in [0.717, 1.165) is 37.1 Å². The lowest BCUT2D eigenvalue weighted by Crippen LogP contribution is -2.37. The summed E-state index contributed by atoms with van der Waals surface area (Å²) in [7, 11) is 0. The minimum Gasteiger partial charge on any atom is -0.327 e. The van der Waals surface area contributed by atoms with Crippen LogP contribution in [-0.4, -0.2) is 40.0 Å². The van der Waals surface area contributed by atoms with Crippen molar-refractivity contribution >= 4 is 22.6 Å². The number of aryl methyl sites for hydroxylation is 1. The van der Waals surface area contributed by atoms with E-state index < -0.39 is 0 Å². The standard InChI is InChI=1S/C27H34N4O/c1-18(2)27(32)29-23-6-5-21-13-20(14-22(21)15-23)16-30-10-8-24(9-11-30)31-17-28-25-12-19(3)4-7-26(25)31/h4-7,12,15,17-18,20,24H,8-11,13-14,16H2,1-3H3,(H,29,32). The van der Waals surface area contributed by atoms with Gasteiger partial charge in [-0.2, -0.15) is 0 Å². The number of rotatable bonds is 5. The van der Waals surface area contributed by atoms with E-state index in [1.165, 1.54) is 41.6 Å². The maximum Gasteiger partial charge on any atom is 0.226 e. The lowest BCUT2D eigenvalue weighted by atomic mass is 10.0. The molecule has 2 heterocycles. The van der Waals surface area contributed by atoms with Gasteiger partial charge in [-0.25, -0.2) is 4.98 Å². The van der Waals surface area contributed by atoms with E-state index in [1.807, 2.05) is 20.2 Å². The summed E-state index contributed by atoms with van der Waals surface area (Å²) in [6.07, 6.45) is 6.67. The molecule has 0 radical (unpaired) electrons. The smallest absolute Gasteiger partial charge is 0.226 e. The Morgan fingerprint density at radius 2 is 1.88 bits per heavy atom. The molecule has 1 amide bonds. The van der Waals surface area contributed by atoms with Crippen LogP contribution >= 0.6 is 0 Å². The van der Waals surface area contributed by atoms with E-state index >= 15 is 0 Å². The predicted octanol–water partition coefficient (Wildman–Crippen LogP) is 4.99. The van der Waals surface area contributed by atoms with Crippen LogP contribution in [0.25, 0.3) is 11.0 Å². The lowest BCUT2D eigenvalue weighted by molar-refractivity contribution is -0.118. The number of piperidine rings is 1. The second kappa shape index (κ2) is 8.70. The van der Waals surface area contributed by atoms with Crippen molar-refractivity contribution < 1.29 is 4.79 Å². The van der Waals surface area contributed by atoms with E-state index in [-0.39, 0.29) is 11.8 Å². The number of amides is 1. The fourth-order valence-corrected chi connectivity index (χ4v) is 5.38. The van der Waals surface area contributed by atoms with Crippen molar-refractivity contribution in [3.63, 3.8) is 0 Å². The van der Waals surface area contributed by atoms with Crippen molar-refractivity contribution in [3.05, 3.63) is 59.4 Å². The molecule has 0 bridgehead atoms. The fraction of sp³-hybridized carbons (Fsp3) is 0.481. The minimum atomic E-state index is 0.00311. The number of nitrogens with one attached hydrogen (secondary N) is 1. The number of benzene rings is 2. The third-order valence-corrected chi connectivity index (χ3v) is 7.21. The number of carbonyl (C=O) groups is 1. The number of anilines is 1. The second-order valence-corrected chi connectivity index (χ2v) is 10.1. The van der Waals surface area contributed by atoms with Gasteiger partial charge in [0.05, 0.1) is 17.4 Å². The van der Waals surface area contributed by atoms with Crippen molar-refractivity contribution in [2.24, 2.45) is 11.8 Å². The van der Waals surface area contributed by atoms with Crippen molar-refractivity contribution in [1.29, 1.82) is 0 Å². The first-order valence-corrected chi connectivity index (χ1v) is 12.0. The largest absolute Gasteiger partial charge is 0.327 e. The first-order valence-electron chi connectivity index (χ1n) is 12.0. The summed E-state index contributed by atoms with van der Waals surface area (Å²) in [5.74, 6) is 0.765. The highest BCUT2D eigenvalue weighted by atomic mass is 16.1. The maximum atomic E-state index is 12.0. The fourth-order valence-electron chi connectivity index (χ4n) is 5.38. The zero-order chi connectivity index (χ0) is 22.2. The zero-order valence-corrected chi connectivity index (χ0v) is 19.5. The maximum absolute atomic E-state index is 12.0. The lowest BCUT2D eigenvalue weighted by Gasteiger charge is -2.34. The average Bonchev–Trinajstić information content (AvgIpc) is 3.37. The number of hydrogen-bond donors (Lipinski definition) is 1. The number of hydrogen-bond acceptors (Lipinski definition) is 3. The molecule has 5 heteroatoms. The average molecular weight is 431 g/mol. The monoisotopic (exact) mass is 430 g/mol. The summed E-state index contributed by atoms with van der Waals surface area (Å²) in [5.41, 5.74) is 7.44. The van der Waals surface area contributed by atoms with Crippen LogP contribution in [0.5, 0.6) is 0 Å². The molecule has 0 saturated carbocycles. The van der Waals surface area contributed by atoms with Crippen LogP contribution in [0.3, 0.4) is 0 Å². The van der Waals surface area contributed by atoms with Gasteiger partial charge in [0.15, 0.2) is 0 Å². The first kappa shape index (κ1) is 21.2. The molecule has 2 aromatic carbocycles. The molecule has 2 aliphatic rings. The third kappa shape index (κ3) is 4.31. The van der Waals surface area contributed by atoms with Crippen molar-refractivity contribution in [2.45, 2.75) is 52.5 Å². The van der Waals surface area contributed by atoms with Gasteiger partial charge in [-0.15, -0.1) is 0 Å². The summed E-state index contributed by atoms with van der Waals surface area (Å²) in [6.45, 7) is 9.45. The molecule has 1 aromatic heterocycles. The normalized spacial score (nSPS) is 19.6. The van der Waals surface area contributed by atoms with Gasteiger partial charge < -0.3 is 14.8 Å². The van der Waals surface area contributed by atoms with Crippen molar-refractivity contribution in [2.75, 3.05) is 25.0 Å². The number of imidazole rings is 1. The Kier molecular flexibility index (Phi) is 5.76. The molecule has 5 nitrogen and oxygen atoms in total. The molecular formula is C27H34N4O. The molecule has 3 aromatic rings. The van der Waals surface area contributed by atoms with Crippen LogP contribution in [0, 0.1) is 18.8 Å². The number of aromatic nitrogens is 2. The number of nitrogens with zero attached hydrogens (tertiary/aromatic N) is 3. The molecule has 32 heavy (non-hydrogen) atoms. The topological polar surface area (TPSA) is 50.2 Å². The minimum absolute atomic E-state index is 0.00311. The van der Waals surface area contributed by atoms with Crippen LogP contribution in [0.2, 0.25) is 0 Å². The molecular weight excluding hydrogens is 396 g/mol. The Morgan fingerprint density at radius 1 is 1.09 bits per heavy atom. The molecule has 1 N–H and O–H groups in total. The quantitative estimate of drug-likeness (QED) is 0.620. The van der Waals surface area contributed by atoms with Gasteiger partial charge >= 0.3 is 0 Å². The Balaban J connectivity index is 1.16. The van der Waals surface area contributed by atoms with E-state index in [0.29, 0.717) is 12.0 Å². The second-order valence-electron chi connectivity index (χ2n) is 10.1. The molecule has 5 rings (SSSR count). The van der Waals surface area contributed by atoms with Gasteiger partial charge in [0, 0.05) is 37.3 Å². The summed E-state index contributed by atoms with van der Waals surface area (Å²) >= 11 is 0. The highest BCUT2D eigenvalue weighted by molar-refractivity contribution is 5.92. The summed E-state index contributed by atoms with van der Waals surface area (Å²) in [4.78, 5) is 19.3. The highest BCUT2D eigenvalue weighted by Gasteiger charge is 2.27. The Labute approximate surface area is 190 Å². The number of likely N-dealkylation sites (tertiary alicyclic amines) is 1. The van der Waals surface area contributed by atoms with E-state index in [9.17, 15) is 4.79 Å². The molecule has 1 saturated heterocycles. The first-order chi connectivity index (χ1) is 15.5. The van der Waals surface area contributed by atoms with Crippen LogP contribution in [0.15, 0.2) is 42.7 Å². The summed E-state index contributed by atoms with van der Waals surface area (Å²) in [6, 6.07) is 13.6. The van der Waals surface area contributed by atoms with E-state index in [4.69, 9.17) is 0 Å². The van der Waals surface area contributed by atoms with Gasteiger partial charge in [0.25, 0.3) is 0 Å². The Bertz CT molecular complexity index is 1120. The van der Waals surface area contributed by atoms with E-state index in [2.05, 4.69) is 63.1 Å². The molecule has 1 unspecified atom stereocenters. The third-order valence-electron chi connectivity index (χ3n) is 7.21. The molecule has 168 valence electrons. The van der Waals surface area contributed by atoms with Crippen LogP contribution in [0.4, 0.5) is 5.69 Å². The van der Waals surface area contributed by atoms with Gasteiger partial charge in [-0.05, 0) is 79.5 Å². The molecule has 1 aliphatic carbocycles. The SMILES string of the molecule is Cc1ccc2c(c1)ncn2C1CCN(CC2Cc3ccc(NC(=O)C(C)C)cc3C2)CC1. The van der Waals surface area contributed by atoms with Crippen molar-refractivity contribution in [1.82, 2.24) is 14.5 Å². The van der Waals surface area contributed by atoms with Crippen LogP contribution in [0.1, 0.15) is 49.4 Å². The summed E-state index contributed by atoms with van der Waals surface area (Å²) < 4.78 is 2.39. The predicted molar refractivity (Wildman–Crippen MR) is 130 cm³/mol. The molecule has 1 fully saturated rings. The zero-order valence-electron chi connectivity index (χ0n) is 19.5. The number of fused-ring (bicyclic) bond motifs is 2. The van der Waals surface area contributed by atoms with Crippen LogP contribution < -0.4 is 5.32 Å². The Hall–Kier alpha value is -2.66.